The third-order valence-electron chi connectivity index (χ3n) is 2.04. The minimum atomic E-state index is -0.854. The highest BCUT2D eigenvalue weighted by Gasteiger charge is 2.43. The molecule has 0 aromatic rings. The first kappa shape index (κ1) is 10.4. The number of hydrogen-bond acceptors (Lipinski definition) is 3. The van der Waals surface area contributed by atoms with E-state index in [1.807, 2.05) is 0 Å². The molecule has 0 radical (unpaired) electrons. The highest BCUT2D eigenvalue weighted by molar-refractivity contribution is 6.04. The zero-order valence-electron chi connectivity index (χ0n) is 8.03. The van der Waals surface area contributed by atoms with Crippen LogP contribution in [0, 0.1) is 0 Å². The largest absolute Gasteiger partial charge is 0.406 e. The van der Waals surface area contributed by atoms with Gasteiger partial charge in [0.1, 0.15) is 0 Å². The molecule has 0 aromatic heterocycles. The summed E-state index contributed by atoms with van der Waals surface area (Å²) in [5.74, 6) is -0.0779. The summed E-state index contributed by atoms with van der Waals surface area (Å²) in [6.07, 6.45) is 5.64. The number of aliphatic imine (C=N–C) groups is 1. The molecule has 74 valence electrons. The van der Waals surface area contributed by atoms with Crippen molar-refractivity contribution in [2.45, 2.75) is 18.4 Å². The Hall–Kier alpha value is -1.64. The number of rotatable bonds is 5. The second-order valence-electron chi connectivity index (χ2n) is 3.06. The van der Waals surface area contributed by atoms with E-state index in [9.17, 15) is 4.79 Å². The Labute approximate surface area is 83.5 Å². The molecular weight excluding hydrogens is 178 g/mol. The number of ether oxygens (including phenoxy) is 1. The second-order valence-corrected chi connectivity index (χ2v) is 3.06. The molecule has 0 saturated heterocycles. The average molecular weight is 191 g/mol. The van der Waals surface area contributed by atoms with Crippen LogP contribution < -0.4 is 0 Å². The molecule has 14 heavy (non-hydrogen) atoms. The minimum Gasteiger partial charge on any atom is -0.406 e. The SMILES string of the molecule is C=CCC1(CC=C)N=C(C=C)OC1=O. The van der Waals surface area contributed by atoms with Crippen LogP contribution in [0.25, 0.3) is 0 Å². The zero-order chi connectivity index (χ0) is 10.6. The van der Waals surface area contributed by atoms with Crippen LogP contribution in [0.4, 0.5) is 0 Å². The predicted molar refractivity (Wildman–Crippen MR) is 56.1 cm³/mol. The molecule has 0 saturated carbocycles. The van der Waals surface area contributed by atoms with Crippen molar-refractivity contribution in [2.24, 2.45) is 4.99 Å². The number of carbonyl (C=O) groups is 1. The van der Waals surface area contributed by atoms with Crippen LogP contribution in [0.3, 0.4) is 0 Å². The third kappa shape index (κ3) is 1.66. The van der Waals surface area contributed by atoms with E-state index in [0.29, 0.717) is 12.8 Å². The van der Waals surface area contributed by atoms with Gasteiger partial charge in [-0.2, -0.15) is 0 Å². The van der Waals surface area contributed by atoms with Crippen LogP contribution in [0.1, 0.15) is 12.8 Å². The Morgan fingerprint density at radius 2 is 1.86 bits per heavy atom. The topological polar surface area (TPSA) is 38.7 Å². The van der Waals surface area contributed by atoms with Crippen LogP contribution in [-0.2, 0) is 9.53 Å². The van der Waals surface area contributed by atoms with E-state index in [2.05, 4.69) is 24.7 Å². The lowest BCUT2D eigenvalue weighted by molar-refractivity contribution is -0.138. The predicted octanol–water partition coefficient (Wildman–Crippen LogP) is 2.02. The van der Waals surface area contributed by atoms with E-state index in [1.54, 1.807) is 12.2 Å². The van der Waals surface area contributed by atoms with Crippen molar-refractivity contribution in [1.82, 2.24) is 0 Å². The van der Waals surface area contributed by atoms with Crippen LogP contribution in [0.15, 0.2) is 43.0 Å². The molecule has 0 unspecified atom stereocenters. The van der Waals surface area contributed by atoms with Gasteiger partial charge in [0.25, 0.3) is 0 Å². The van der Waals surface area contributed by atoms with Crippen LogP contribution in [-0.4, -0.2) is 17.4 Å². The van der Waals surface area contributed by atoms with Gasteiger partial charge in [0.15, 0.2) is 5.54 Å². The van der Waals surface area contributed by atoms with Gasteiger partial charge in [-0.1, -0.05) is 18.7 Å². The molecule has 1 heterocycles. The van der Waals surface area contributed by atoms with Crippen molar-refractivity contribution in [1.29, 1.82) is 0 Å². The Morgan fingerprint density at radius 1 is 1.29 bits per heavy atom. The van der Waals surface area contributed by atoms with E-state index in [1.165, 1.54) is 6.08 Å². The summed E-state index contributed by atoms with van der Waals surface area (Å²) < 4.78 is 4.93. The normalized spacial score (nSPS) is 18.3. The first-order valence-electron chi connectivity index (χ1n) is 4.35. The summed E-state index contributed by atoms with van der Waals surface area (Å²) >= 11 is 0. The summed E-state index contributed by atoms with van der Waals surface area (Å²) in [5.41, 5.74) is -0.854. The van der Waals surface area contributed by atoms with Crippen LogP contribution >= 0.6 is 0 Å². The molecule has 1 aliphatic rings. The molecule has 0 N–H and O–H groups in total. The zero-order valence-corrected chi connectivity index (χ0v) is 8.03. The smallest absolute Gasteiger partial charge is 0.341 e. The van der Waals surface area contributed by atoms with E-state index in [-0.39, 0.29) is 11.9 Å². The highest BCUT2D eigenvalue weighted by atomic mass is 16.6. The molecule has 0 atom stereocenters. The second kappa shape index (κ2) is 4.05. The van der Waals surface area contributed by atoms with E-state index < -0.39 is 5.54 Å². The average Bonchev–Trinajstić information content (AvgIpc) is 2.45. The van der Waals surface area contributed by atoms with Crippen molar-refractivity contribution in [3.8, 4) is 0 Å². The van der Waals surface area contributed by atoms with Gasteiger partial charge in [0.2, 0.25) is 5.90 Å². The van der Waals surface area contributed by atoms with Gasteiger partial charge in [0, 0.05) is 12.8 Å². The molecule has 0 spiro atoms. The first-order valence-corrected chi connectivity index (χ1v) is 4.35. The maximum Gasteiger partial charge on any atom is 0.341 e. The van der Waals surface area contributed by atoms with E-state index >= 15 is 0 Å². The fraction of sp³-hybridized carbons (Fsp3) is 0.273. The Kier molecular flexibility index (Phi) is 3.02. The van der Waals surface area contributed by atoms with Crippen molar-refractivity contribution in [2.75, 3.05) is 0 Å². The summed E-state index contributed by atoms with van der Waals surface area (Å²) in [5, 5.41) is 0. The molecule has 0 amide bonds. The van der Waals surface area contributed by atoms with Gasteiger partial charge >= 0.3 is 5.97 Å². The van der Waals surface area contributed by atoms with Crippen molar-refractivity contribution < 1.29 is 9.53 Å². The summed E-state index contributed by atoms with van der Waals surface area (Å²) in [6.45, 7) is 10.7. The maximum atomic E-state index is 11.6. The fourth-order valence-electron chi connectivity index (χ4n) is 1.38. The van der Waals surface area contributed by atoms with Crippen molar-refractivity contribution in [3.05, 3.63) is 38.0 Å². The molecule has 0 aromatic carbocycles. The molecular formula is C11H13NO2. The molecule has 1 rings (SSSR count). The molecule has 3 heteroatoms. The number of hydrogen-bond donors (Lipinski definition) is 0. The fourth-order valence-corrected chi connectivity index (χ4v) is 1.38. The van der Waals surface area contributed by atoms with Gasteiger partial charge < -0.3 is 4.74 Å². The van der Waals surface area contributed by atoms with Gasteiger partial charge in [-0.15, -0.1) is 13.2 Å². The highest BCUT2D eigenvalue weighted by Crippen LogP contribution is 2.29. The van der Waals surface area contributed by atoms with E-state index in [4.69, 9.17) is 4.74 Å². The lowest BCUT2D eigenvalue weighted by atomic mass is 9.92. The summed E-state index contributed by atoms with van der Waals surface area (Å²) in [4.78, 5) is 15.7. The lowest BCUT2D eigenvalue weighted by Gasteiger charge is -2.17. The number of cyclic esters (lactones) is 1. The summed E-state index contributed by atoms with van der Waals surface area (Å²) in [7, 11) is 0. The summed E-state index contributed by atoms with van der Waals surface area (Å²) in [6, 6.07) is 0. The number of carbonyl (C=O) groups excluding carboxylic acids is 1. The maximum absolute atomic E-state index is 11.6. The van der Waals surface area contributed by atoms with Crippen LogP contribution in [0.2, 0.25) is 0 Å². The monoisotopic (exact) mass is 191 g/mol. The third-order valence-corrected chi connectivity index (χ3v) is 2.04. The van der Waals surface area contributed by atoms with E-state index in [0.717, 1.165) is 0 Å². The lowest BCUT2D eigenvalue weighted by Crippen LogP contribution is -2.32. The number of esters is 1. The van der Waals surface area contributed by atoms with Gasteiger partial charge in [-0.25, -0.2) is 9.79 Å². The molecule has 1 aliphatic heterocycles. The van der Waals surface area contributed by atoms with Crippen molar-refractivity contribution in [3.63, 3.8) is 0 Å². The van der Waals surface area contributed by atoms with Gasteiger partial charge in [-0.05, 0) is 6.08 Å². The Balaban J connectivity index is 3.01. The molecule has 0 bridgehead atoms. The molecule has 0 fully saturated rings. The quantitative estimate of drug-likeness (QED) is 0.492. The molecule has 3 nitrogen and oxygen atoms in total. The van der Waals surface area contributed by atoms with Crippen molar-refractivity contribution >= 4 is 11.9 Å². The Bertz CT molecular complexity index is 305. The number of nitrogens with zero attached hydrogens (tertiary/aromatic N) is 1. The first-order chi connectivity index (χ1) is 6.68. The Morgan fingerprint density at radius 3 is 2.21 bits per heavy atom. The van der Waals surface area contributed by atoms with Crippen LogP contribution in [0.5, 0.6) is 0 Å². The minimum absolute atomic E-state index is 0.277. The van der Waals surface area contributed by atoms with Gasteiger partial charge in [0.05, 0.1) is 0 Å². The van der Waals surface area contributed by atoms with Gasteiger partial charge in [-0.3, -0.25) is 0 Å². The standard InChI is InChI=1S/C11H13NO2/c1-4-7-11(8-5-2)10(13)14-9(6-3)12-11/h4-6H,1-3,7-8H2. The molecule has 0 aliphatic carbocycles.